The van der Waals surface area contributed by atoms with E-state index in [-0.39, 0.29) is 17.8 Å². The van der Waals surface area contributed by atoms with Crippen molar-refractivity contribution < 1.29 is 18.0 Å². The van der Waals surface area contributed by atoms with Crippen LogP contribution in [-0.4, -0.2) is 21.9 Å². The number of benzene rings is 1. The zero-order valence-corrected chi connectivity index (χ0v) is 19.0. The molecule has 2 atom stereocenters. The Kier molecular flexibility index (Phi) is 5.81. The van der Waals surface area contributed by atoms with E-state index in [1.54, 1.807) is 30.3 Å². The van der Waals surface area contributed by atoms with Gasteiger partial charge in [-0.15, -0.1) is 11.3 Å². The van der Waals surface area contributed by atoms with Crippen LogP contribution >= 0.6 is 11.3 Å². The van der Waals surface area contributed by atoms with Gasteiger partial charge in [0.15, 0.2) is 6.04 Å². The zero-order valence-electron chi connectivity index (χ0n) is 18.2. The number of carbonyl (C=O) groups excluding carboxylic acids is 1. The Morgan fingerprint density at radius 3 is 2.71 bits per heavy atom. The molecule has 1 aliphatic carbocycles. The second-order valence-corrected chi connectivity index (χ2v) is 9.69. The first-order chi connectivity index (χ1) is 16.4. The summed E-state index contributed by atoms with van der Waals surface area (Å²) in [5.74, 6) is -0.562. The maximum absolute atomic E-state index is 13.9. The highest BCUT2D eigenvalue weighted by atomic mass is 32.1. The van der Waals surface area contributed by atoms with Crippen molar-refractivity contribution in [3.63, 3.8) is 0 Å². The molecule has 0 saturated heterocycles. The van der Waals surface area contributed by atoms with Crippen LogP contribution in [0.3, 0.4) is 0 Å². The van der Waals surface area contributed by atoms with Gasteiger partial charge in [0.25, 0.3) is 5.91 Å². The van der Waals surface area contributed by atoms with Gasteiger partial charge in [-0.3, -0.25) is 4.79 Å². The van der Waals surface area contributed by atoms with E-state index >= 15 is 0 Å². The number of anilines is 2. The number of rotatable bonds is 3. The summed E-state index contributed by atoms with van der Waals surface area (Å²) in [6.45, 7) is 0. The predicted octanol–water partition coefficient (Wildman–Crippen LogP) is 6.00. The largest absolute Gasteiger partial charge is 0.410 e. The van der Waals surface area contributed by atoms with Gasteiger partial charge in [-0.1, -0.05) is 36.8 Å². The number of fused-ring (bicyclic) bond motifs is 2. The number of thiophene rings is 1. The number of aryl methyl sites for hydroxylation is 1. The van der Waals surface area contributed by atoms with Crippen molar-refractivity contribution in [2.45, 2.75) is 56.8 Å². The van der Waals surface area contributed by atoms with Crippen molar-refractivity contribution >= 4 is 28.1 Å². The average Bonchev–Trinajstić information content (AvgIpc) is 3.31. The number of hydrogen-bond acceptors (Lipinski definition) is 5. The second kappa shape index (κ2) is 8.80. The van der Waals surface area contributed by atoms with E-state index in [9.17, 15) is 23.2 Å². The molecule has 0 unspecified atom stereocenters. The molecular formula is C24H22F3N5OS. The van der Waals surface area contributed by atoms with E-state index in [0.29, 0.717) is 16.1 Å². The molecule has 1 aromatic carbocycles. The minimum absolute atomic E-state index is 0.0161. The first-order valence-corrected chi connectivity index (χ1v) is 12.0. The van der Waals surface area contributed by atoms with Crippen LogP contribution in [0.25, 0.3) is 0 Å². The monoisotopic (exact) mass is 485 g/mol. The van der Waals surface area contributed by atoms with Crippen molar-refractivity contribution in [3.05, 3.63) is 63.7 Å². The number of alkyl halides is 3. The van der Waals surface area contributed by atoms with Crippen molar-refractivity contribution in [2.75, 3.05) is 10.6 Å². The number of nitrogens with zero attached hydrogens (tertiary/aromatic N) is 3. The number of hydrogen-bond donors (Lipinski definition) is 2. The van der Waals surface area contributed by atoms with Crippen LogP contribution in [0.2, 0.25) is 0 Å². The van der Waals surface area contributed by atoms with Gasteiger partial charge in [0.2, 0.25) is 0 Å². The molecule has 176 valence electrons. The molecule has 10 heteroatoms. The number of nitriles is 1. The minimum Gasteiger partial charge on any atom is -0.363 e. The number of nitrogens with one attached hydrogen (secondary N) is 2. The van der Waals surface area contributed by atoms with Crippen LogP contribution in [-0.2, 0) is 12.8 Å². The van der Waals surface area contributed by atoms with Crippen LogP contribution in [0, 0.1) is 11.3 Å². The summed E-state index contributed by atoms with van der Waals surface area (Å²) in [4.78, 5) is 14.3. The molecule has 5 rings (SSSR count). The molecule has 3 aromatic rings. The molecule has 0 radical (unpaired) electrons. The molecule has 2 aliphatic rings. The number of carbonyl (C=O) groups is 1. The molecule has 2 aromatic heterocycles. The molecule has 0 bridgehead atoms. The normalized spacial score (nSPS) is 19.8. The number of aromatic nitrogens is 2. The second-order valence-electron chi connectivity index (χ2n) is 8.59. The lowest BCUT2D eigenvalue weighted by Gasteiger charge is -2.34. The van der Waals surface area contributed by atoms with Gasteiger partial charge >= 0.3 is 6.18 Å². The van der Waals surface area contributed by atoms with Crippen molar-refractivity contribution in [2.24, 2.45) is 0 Å². The Balaban J connectivity index is 1.48. The highest BCUT2D eigenvalue weighted by Crippen LogP contribution is 2.44. The first-order valence-electron chi connectivity index (χ1n) is 11.2. The van der Waals surface area contributed by atoms with E-state index in [1.165, 1.54) is 11.3 Å². The minimum atomic E-state index is -4.52. The summed E-state index contributed by atoms with van der Waals surface area (Å²) in [6, 6.07) is 8.57. The summed E-state index contributed by atoms with van der Waals surface area (Å²) >= 11 is 1.38. The quantitative estimate of drug-likeness (QED) is 0.446. The Morgan fingerprint density at radius 1 is 1.21 bits per heavy atom. The Labute approximate surface area is 198 Å². The fourth-order valence-corrected chi connectivity index (χ4v) is 5.99. The fraction of sp³-hybridized carbons (Fsp3) is 0.375. The third kappa shape index (κ3) is 4.05. The lowest BCUT2D eigenvalue weighted by molar-refractivity contribution is -0.173. The van der Waals surface area contributed by atoms with Gasteiger partial charge in [-0.2, -0.15) is 23.5 Å². The highest BCUT2D eigenvalue weighted by Gasteiger charge is 2.47. The standard InChI is InChI=1S/C24H22F3N5OS/c25-24(26,27)20-11-18(14-7-3-1-4-8-14)30-21-17(13-29-32(20)21)22(33)31-23-16(12-28)15-9-5-2-6-10-19(15)34-23/h1,3-4,7-8,13,18,20,30H,2,5-6,9-11H2,(H,31,33)/t18-,20-/m0/s1. The first kappa shape index (κ1) is 22.5. The topological polar surface area (TPSA) is 82.7 Å². The van der Waals surface area contributed by atoms with Gasteiger partial charge in [-0.05, 0) is 36.8 Å². The van der Waals surface area contributed by atoms with E-state index in [0.717, 1.165) is 53.4 Å². The van der Waals surface area contributed by atoms with Crippen LogP contribution in [0.5, 0.6) is 0 Å². The summed E-state index contributed by atoms with van der Waals surface area (Å²) in [5.41, 5.74) is 2.16. The molecule has 1 aliphatic heterocycles. The van der Waals surface area contributed by atoms with Crippen molar-refractivity contribution in [1.82, 2.24) is 9.78 Å². The van der Waals surface area contributed by atoms with E-state index in [1.807, 2.05) is 0 Å². The molecule has 34 heavy (non-hydrogen) atoms. The van der Waals surface area contributed by atoms with Gasteiger partial charge in [0.05, 0.1) is 17.8 Å². The van der Waals surface area contributed by atoms with Crippen LogP contribution < -0.4 is 10.6 Å². The third-order valence-corrected chi connectivity index (χ3v) is 7.65. The molecule has 0 spiro atoms. The molecule has 0 fully saturated rings. The molecule has 2 N–H and O–H groups in total. The molecule has 3 heterocycles. The highest BCUT2D eigenvalue weighted by molar-refractivity contribution is 7.16. The Bertz CT molecular complexity index is 1260. The molecule has 6 nitrogen and oxygen atoms in total. The summed E-state index contributed by atoms with van der Waals surface area (Å²) in [6.07, 6.45) is 1.18. The van der Waals surface area contributed by atoms with E-state index in [4.69, 9.17) is 0 Å². The summed E-state index contributed by atoms with van der Waals surface area (Å²) in [7, 11) is 0. The predicted molar refractivity (Wildman–Crippen MR) is 123 cm³/mol. The average molecular weight is 486 g/mol. The van der Waals surface area contributed by atoms with Crippen LogP contribution in [0.4, 0.5) is 24.0 Å². The van der Waals surface area contributed by atoms with Crippen molar-refractivity contribution in [3.8, 4) is 6.07 Å². The zero-order chi connectivity index (χ0) is 23.9. The number of amides is 1. The Hall–Kier alpha value is -3.32. The summed E-state index contributed by atoms with van der Waals surface area (Å²) < 4.78 is 42.6. The summed E-state index contributed by atoms with van der Waals surface area (Å²) in [5, 5.41) is 20.0. The van der Waals surface area contributed by atoms with E-state index in [2.05, 4.69) is 21.8 Å². The van der Waals surface area contributed by atoms with Gasteiger partial charge < -0.3 is 10.6 Å². The number of halogens is 3. The smallest absolute Gasteiger partial charge is 0.363 e. The van der Waals surface area contributed by atoms with Crippen LogP contribution in [0.1, 0.15) is 69.7 Å². The maximum Gasteiger partial charge on any atom is 0.410 e. The lowest BCUT2D eigenvalue weighted by Crippen LogP contribution is -2.36. The van der Waals surface area contributed by atoms with Crippen LogP contribution in [0.15, 0.2) is 36.5 Å². The molecule has 1 amide bonds. The Morgan fingerprint density at radius 2 is 1.97 bits per heavy atom. The van der Waals surface area contributed by atoms with Gasteiger partial charge in [0, 0.05) is 11.3 Å². The van der Waals surface area contributed by atoms with E-state index < -0.39 is 24.2 Å². The third-order valence-electron chi connectivity index (χ3n) is 6.45. The van der Waals surface area contributed by atoms with Gasteiger partial charge in [0.1, 0.15) is 22.5 Å². The van der Waals surface area contributed by atoms with Gasteiger partial charge in [-0.25, -0.2) is 4.68 Å². The SMILES string of the molecule is N#Cc1c(NC(=O)c2cnn3c2N[C@H](c2ccccc2)C[C@H]3C(F)(F)F)sc2c1CCCCC2. The fourth-order valence-electron chi connectivity index (χ4n) is 4.75. The lowest BCUT2D eigenvalue weighted by atomic mass is 9.96. The van der Waals surface area contributed by atoms with Crippen molar-refractivity contribution in [1.29, 1.82) is 5.26 Å². The molecular weight excluding hydrogens is 463 g/mol. The maximum atomic E-state index is 13.9. The molecule has 0 saturated carbocycles.